The molecule has 1 atom stereocenters. The quantitative estimate of drug-likeness (QED) is 0.855. The van der Waals surface area contributed by atoms with Crippen molar-refractivity contribution in [2.75, 3.05) is 11.9 Å². The second-order valence-corrected chi connectivity index (χ2v) is 5.74. The topological polar surface area (TPSA) is 32.3 Å². The Morgan fingerprint density at radius 1 is 1.26 bits per heavy atom. The van der Waals surface area contributed by atoms with Crippen LogP contribution in [0.25, 0.3) is 0 Å². The maximum absolute atomic E-state index is 10.1. The lowest BCUT2D eigenvalue weighted by atomic mass is 10.1. The van der Waals surface area contributed by atoms with Crippen molar-refractivity contribution < 1.29 is 5.11 Å². The van der Waals surface area contributed by atoms with Gasteiger partial charge in [0.05, 0.1) is 6.10 Å². The van der Waals surface area contributed by atoms with E-state index in [1.54, 1.807) is 0 Å². The lowest BCUT2D eigenvalue weighted by molar-refractivity contribution is 0.191. The number of nitrogens with one attached hydrogen (secondary N) is 1. The Balaban J connectivity index is 2.00. The van der Waals surface area contributed by atoms with Crippen LogP contribution in [0.15, 0.2) is 46.9 Å². The Morgan fingerprint density at radius 3 is 2.74 bits per heavy atom. The van der Waals surface area contributed by atoms with Gasteiger partial charge < -0.3 is 10.4 Å². The summed E-state index contributed by atoms with van der Waals surface area (Å²) in [5, 5.41) is 14.0. The summed E-state index contributed by atoms with van der Waals surface area (Å²) in [6.07, 6.45) is -0.558. The van der Waals surface area contributed by atoms with Crippen molar-refractivity contribution in [2.24, 2.45) is 0 Å². The highest BCUT2D eigenvalue weighted by Crippen LogP contribution is 2.22. The summed E-state index contributed by atoms with van der Waals surface area (Å²) in [5.41, 5.74) is 2.82. The van der Waals surface area contributed by atoms with E-state index in [1.165, 1.54) is 0 Å². The first kappa shape index (κ1) is 14.4. The minimum absolute atomic E-state index is 0.440. The molecule has 0 fully saturated rings. The molecule has 2 aromatic rings. The van der Waals surface area contributed by atoms with Gasteiger partial charge >= 0.3 is 0 Å². The van der Waals surface area contributed by atoms with Gasteiger partial charge in [-0.25, -0.2) is 0 Å². The van der Waals surface area contributed by atoms with E-state index in [9.17, 15) is 5.11 Å². The molecule has 100 valence electrons. The van der Waals surface area contributed by atoms with Gasteiger partial charge in [0, 0.05) is 21.7 Å². The van der Waals surface area contributed by atoms with Gasteiger partial charge in [-0.05, 0) is 42.3 Å². The number of hydrogen-bond acceptors (Lipinski definition) is 2. The third-order valence-electron chi connectivity index (χ3n) is 2.90. The molecule has 0 aliphatic heterocycles. The first-order chi connectivity index (χ1) is 9.06. The van der Waals surface area contributed by atoms with Gasteiger partial charge in [-0.15, -0.1) is 0 Å². The van der Waals surface area contributed by atoms with E-state index in [0.717, 1.165) is 26.3 Å². The molecule has 0 aromatic heterocycles. The second kappa shape index (κ2) is 6.42. The zero-order valence-corrected chi connectivity index (χ0v) is 12.9. The molecule has 0 bridgehead atoms. The number of rotatable bonds is 4. The van der Waals surface area contributed by atoms with Crippen molar-refractivity contribution >= 4 is 33.2 Å². The first-order valence-corrected chi connectivity index (χ1v) is 7.17. The van der Waals surface area contributed by atoms with Crippen LogP contribution in [0.2, 0.25) is 5.02 Å². The average Bonchev–Trinajstić information content (AvgIpc) is 2.40. The van der Waals surface area contributed by atoms with Gasteiger partial charge in [0.25, 0.3) is 0 Å². The first-order valence-electron chi connectivity index (χ1n) is 6.00. The van der Waals surface area contributed by atoms with E-state index in [1.807, 2.05) is 49.4 Å². The lowest BCUT2D eigenvalue weighted by Crippen LogP contribution is -2.12. The molecular formula is C15H15BrClNO. The number of hydrogen-bond donors (Lipinski definition) is 2. The molecular weight excluding hydrogens is 326 g/mol. The predicted molar refractivity (Wildman–Crippen MR) is 83.8 cm³/mol. The van der Waals surface area contributed by atoms with E-state index >= 15 is 0 Å². The van der Waals surface area contributed by atoms with Crippen molar-refractivity contribution in [1.82, 2.24) is 0 Å². The fourth-order valence-electron chi connectivity index (χ4n) is 1.75. The fraction of sp³-hybridized carbons (Fsp3) is 0.200. The Labute approximate surface area is 126 Å². The SMILES string of the molecule is Cc1ccc(NCC(O)c2cccc(Br)c2)cc1Cl. The van der Waals surface area contributed by atoms with E-state index in [0.29, 0.717) is 6.54 Å². The standard InChI is InChI=1S/C15H15BrClNO/c1-10-5-6-13(8-14(10)17)18-9-15(19)11-3-2-4-12(16)7-11/h2-8,15,18-19H,9H2,1H3. The van der Waals surface area contributed by atoms with Gasteiger partial charge in [-0.1, -0.05) is 45.7 Å². The molecule has 0 aliphatic carbocycles. The van der Waals surface area contributed by atoms with Gasteiger partial charge in [0.2, 0.25) is 0 Å². The van der Waals surface area contributed by atoms with E-state index < -0.39 is 6.10 Å². The molecule has 0 radical (unpaired) electrons. The smallest absolute Gasteiger partial charge is 0.0962 e. The number of anilines is 1. The largest absolute Gasteiger partial charge is 0.387 e. The number of aliphatic hydroxyl groups excluding tert-OH is 1. The monoisotopic (exact) mass is 339 g/mol. The fourth-order valence-corrected chi connectivity index (χ4v) is 2.35. The van der Waals surface area contributed by atoms with E-state index in [2.05, 4.69) is 21.2 Å². The molecule has 2 rings (SSSR count). The van der Waals surface area contributed by atoms with Crippen LogP contribution in [0.1, 0.15) is 17.2 Å². The second-order valence-electron chi connectivity index (χ2n) is 4.42. The molecule has 0 aliphatic rings. The molecule has 0 spiro atoms. The highest BCUT2D eigenvalue weighted by molar-refractivity contribution is 9.10. The average molecular weight is 341 g/mol. The zero-order valence-electron chi connectivity index (χ0n) is 10.5. The number of aliphatic hydroxyl groups is 1. The summed E-state index contributed by atoms with van der Waals surface area (Å²) in [6.45, 7) is 2.40. The summed E-state index contributed by atoms with van der Waals surface area (Å²) < 4.78 is 0.961. The lowest BCUT2D eigenvalue weighted by Gasteiger charge is -2.14. The molecule has 19 heavy (non-hydrogen) atoms. The highest BCUT2D eigenvalue weighted by Gasteiger charge is 2.07. The van der Waals surface area contributed by atoms with Crippen LogP contribution in [0, 0.1) is 6.92 Å². The molecule has 2 nitrogen and oxygen atoms in total. The molecule has 0 amide bonds. The third kappa shape index (κ3) is 3.96. The van der Waals surface area contributed by atoms with Crippen LogP contribution in [-0.4, -0.2) is 11.7 Å². The number of aryl methyl sites for hydroxylation is 1. The van der Waals surface area contributed by atoms with Crippen LogP contribution in [0.4, 0.5) is 5.69 Å². The number of benzene rings is 2. The maximum Gasteiger partial charge on any atom is 0.0962 e. The number of halogens is 2. The Hall–Kier alpha value is -1.03. The molecule has 0 saturated carbocycles. The van der Waals surface area contributed by atoms with Crippen molar-refractivity contribution in [3.05, 3.63) is 63.1 Å². The highest BCUT2D eigenvalue weighted by atomic mass is 79.9. The molecule has 4 heteroatoms. The summed E-state index contributed by atoms with van der Waals surface area (Å²) in [7, 11) is 0. The van der Waals surface area contributed by atoms with Crippen molar-refractivity contribution in [3.63, 3.8) is 0 Å². The Morgan fingerprint density at radius 2 is 2.05 bits per heavy atom. The van der Waals surface area contributed by atoms with Crippen LogP contribution >= 0.6 is 27.5 Å². The summed E-state index contributed by atoms with van der Waals surface area (Å²) in [4.78, 5) is 0. The Kier molecular flexibility index (Phi) is 4.86. The molecule has 0 saturated heterocycles. The minimum Gasteiger partial charge on any atom is -0.387 e. The van der Waals surface area contributed by atoms with Crippen LogP contribution in [0.5, 0.6) is 0 Å². The van der Waals surface area contributed by atoms with Crippen LogP contribution in [-0.2, 0) is 0 Å². The molecule has 2 aromatic carbocycles. The van der Waals surface area contributed by atoms with Crippen LogP contribution in [0.3, 0.4) is 0 Å². The minimum atomic E-state index is -0.558. The molecule has 2 N–H and O–H groups in total. The maximum atomic E-state index is 10.1. The normalized spacial score (nSPS) is 12.2. The van der Waals surface area contributed by atoms with E-state index in [-0.39, 0.29) is 0 Å². The van der Waals surface area contributed by atoms with Crippen LogP contribution < -0.4 is 5.32 Å². The predicted octanol–water partition coefficient (Wildman–Crippen LogP) is 4.56. The Bertz CT molecular complexity index is 574. The van der Waals surface area contributed by atoms with Gasteiger partial charge in [-0.2, -0.15) is 0 Å². The summed E-state index contributed by atoms with van der Waals surface area (Å²) in [5.74, 6) is 0. The molecule has 0 heterocycles. The van der Waals surface area contributed by atoms with Gasteiger partial charge in [-0.3, -0.25) is 0 Å². The van der Waals surface area contributed by atoms with Gasteiger partial charge in [0.1, 0.15) is 0 Å². The van der Waals surface area contributed by atoms with Crippen molar-refractivity contribution in [2.45, 2.75) is 13.0 Å². The van der Waals surface area contributed by atoms with Crippen molar-refractivity contribution in [1.29, 1.82) is 0 Å². The zero-order chi connectivity index (χ0) is 13.8. The van der Waals surface area contributed by atoms with Crippen molar-refractivity contribution in [3.8, 4) is 0 Å². The van der Waals surface area contributed by atoms with E-state index in [4.69, 9.17) is 11.6 Å². The summed E-state index contributed by atoms with van der Waals surface area (Å²) in [6, 6.07) is 13.4. The summed E-state index contributed by atoms with van der Waals surface area (Å²) >= 11 is 9.45. The third-order valence-corrected chi connectivity index (χ3v) is 3.81. The van der Waals surface area contributed by atoms with Gasteiger partial charge in [0.15, 0.2) is 0 Å². The molecule has 1 unspecified atom stereocenters.